The molecule has 0 fully saturated rings. The van der Waals surface area contributed by atoms with E-state index in [9.17, 15) is 17.6 Å². The molecule has 0 aromatic carbocycles. The zero-order valence-corrected chi connectivity index (χ0v) is 21.5. The minimum absolute atomic E-state index is 0.0146. The van der Waals surface area contributed by atoms with E-state index in [0.717, 1.165) is 12.8 Å². The van der Waals surface area contributed by atoms with Gasteiger partial charge in [0.05, 0.1) is 12.7 Å². The number of hydrogen-bond donors (Lipinski definition) is 0. The average Bonchev–Trinajstić information content (AvgIpc) is 2.84. The number of unbranched alkanes of at least 4 members (excludes halogenated alkanes) is 1. The molecule has 0 amide bonds. The largest absolute Gasteiger partial charge is 0.378 e. The first-order valence-corrected chi connectivity index (χ1v) is 11.5. The van der Waals surface area contributed by atoms with Crippen LogP contribution in [0.15, 0.2) is 121 Å². The SMILES string of the molecule is C=C(/C=C\C(=C)C(=C)/C(F)=C(/F)C(=C)C(C)COC(C)C)C(=C)/C(F)=C(/F)C(=C)C/C=C\CCC. The van der Waals surface area contributed by atoms with Gasteiger partial charge in [0.2, 0.25) is 0 Å². The van der Waals surface area contributed by atoms with Gasteiger partial charge in [-0.1, -0.05) is 84.0 Å². The second kappa shape index (κ2) is 15.9. The Morgan fingerprint density at radius 2 is 1.23 bits per heavy atom. The van der Waals surface area contributed by atoms with Crippen molar-refractivity contribution in [2.24, 2.45) is 5.92 Å². The Labute approximate surface area is 208 Å². The molecule has 0 saturated heterocycles. The van der Waals surface area contributed by atoms with Crippen LogP contribution in [0.2, 0.25) is 0 Å². The third-order valence-electron chi connectivity index (χ3n) is 5.03. The molecular formula is C30H38F4O. The fourth-order valence-electron chi connectivity index (χ4n) is 2.50. The van der Waals surface area contributed by atoms with Crippen molar-refractivity contribution < 1.29 is 22.3 Å². The van der Waals surface area contributed by atoms with Crippen LogP contribution in [-0.2, 0) is 4.74 Å². The summed E-state index contributed by atoms with van der Waals surface area (Å²) in [7, 11) is 0. The second-order valence-corrected chi connectivity index (χ2v) is 8.47. The lowest BCUT2D eigenvalue weighted by Crippen LogP contribution is -2.13. The summed E-state index contributed by atoms with van der Waals surface area (Å²) in [6, 6.07) is 0. The topological polar surface area (TPSA) is 9.23 Å². The standard InChI is InChI=1S/C30H38F4O/c1-11-12-13-14-15-22(6)27(31)28(32)24(8)20(4)16-17-21(5)25(9)29(33)30(34)26(10)23(7)18-35-19(2)3/h13-14,16-17,19,23H,4-6,8-12,15,18H2,1-3,7H3/b14-13-,17-16-,28-27-,30-29-. The summed E-state index contributed by atoms with van der Waals surface area (Å²) in [5, 5.41) is 0. The Morgan fingerprint density at radius 3 is 1.69 bits per heavy atom. The molecule has 0 aliphatic carbocycles. The van der Waals surface area contributed by atoms with Gasteiger partial charge in [0.25, 0.3) is 0 Å². The Morgan fingerprint density at radius 1 is 0.743 bits per heavy atom. The highest BCUT2D eigenvalue weighted by Gasteiger charge is 2.19. The van der Waals surface area contributed by atoms with E-state index in [1.165, 1.54) is 12.2 Å². The molecule has 1 unspecified atom stereocenters. The molecule has 1 atom stereocenters. The molecule has 0 aromatic heterocycles. The summed E-state index contributed by atoms with van der Waals surface area (Å²) in [4.78, 5) is 0. The fraction of sp³-hybridized carbons (Fsp3) is 0.333. The lowest BCUT2D eigenvalue weighted by molar-refractivity contribution is 0.0625. The maximum atomic E-state index is 14.6. The van der Waals surface area contributed by atoms with Crippen LogP contribution in [0.25, 0.3) is 0 Å². The molecule has 5 heteroatoms. The molecule has 0 spiro atoms. The van der Waals surface area contributed by atoms with Gasteiger partial charge >= 0.3 is 0 Å². The number of halogens is 4. The van der Waals surface area contributed by atoms with E-state index in [2.05, 4.69) is 39.5 Å². The minimum Gasteiger partial charge on any atom is -0.378 e. The van der Waals surface area contributed by atoms with Crippen molar-refractivity contribution in [3.63, 3.8) is 0 Å². The predicted octanol–water partition coefficient (Wildman–Crippen LogP) is 9.99. The van der Waals surface area contributed by atoms with Crippen molar-refractivity contribution in [2.45, 2.75) is 53.1 Å². The first-order valence-electron chi connectivity index (χ1n) is 11.5. The smallest absolute Gasteiger partial charge is 0.166 e. The van der Waals surface area contributed by atoms with Crippen molar-refractivity contribution in [1.82, 2.24) is 0 Å². The van der Waals surface area contributed by atoms with E-state index in [-0.39, 0.29) is 52.6 Å². The van der Waals surface area contributed by atoms with E-state index in [1.807, 2.05) is 26.8 Å². The summed E-state index contributed by atoms with van der Waals surface area (Å²) in [6.07, 6.45) is 8.02. The lowest BCUT2D eigenvalue weighted by atomic mass is 9.98. The summed E-state index contributed by atoms with van der Waals surface area (Å²) in [5.74, 6) is -5.11. The lowest BCUT2D eigenvalue weighted by Gasteiger charge is -2.16. The Hall–Kier alpha value is -2.92. The van der Waals surface area contributed by atoms with Crippen LogP contribution in [0, 0.1) is 5.92 Å². The molecule has 0 heterocycles. The molecule has 192 valence electrons. The molecule has 0 aromatic rings. The summed E-state index contributed by atoms with van der Waals surface area (Å²) >= 11 is 0. The molecule has 0 rings (SSSR count). The monoisotopic (exact) mass is 490 g/mol. The highest BCUT2D eigenvalue weighted by atomic mass is 19.2. The van der Waals surface area contributed by atoms with Gasteiger partial charge in [0.15, 0.2) is 23.3 Å². The third kappa shape index (κ3) is 10.9. The van der Waals surface area contributed by atoms with Crippen LogP contribution in [-0.4, -0.2) is 12.7 Å². The zero-order chi connectivity index (χ0) is 27.3. The van der Waals surface area contributed by atoms with Crippen LogP contribution >= 0.6 is 0 Å². The molecule has 0 N–H and O–H groups in total. The van der Waals surface area contributed by atoms with Gasteiger partial charge in [0.1, 0.15) is 0 Å². The van der Waals surface area contributed by atoms with Gasteiger partial charge in [-0.25, -0.2) is 17.6 Å². The van der Waals surface area contributed by atoms with Crippen molar-refractivity contribution in [3.05, 3.63) is 121 Å². The van der Waals surface area contributed by atoms with E-state index in [0.29, 0.717) is 0 Å². The quantitative estimate of drug-likeness (QED) is 0.119. The van der Waals surface area contributed by atoms with Gasteiger partial charge in [-0.2, -0.15) is 0 Å². The summed E-state index contributed by atoms with van der Waals surface area (Å²) < 4.78 is 63.5. The van der Waals surface area contributed by atoms with Crippen molar-refractivity contribution >= 4 is 0 Å². The van der Waals surface area contributed by atoms with Crippen LogP contribution in [0.3, 0.4) is 0 Å². The van der Waals surface area contributed by atoms with E-state index < -0.39 is 29.2 Å². The van der Waals surface area contributed by atoms with E-state index >= 15 is 0 Å². The highest BCUT2D eigenvalue weighted by Crippen LogP contribution is 2.31. The molecule has 0 aliphatic heterocycles. The average molecular weight is 491 g/mol. The normalized spacial score (nSPS) is 14.1. The van der Waals surface area contributed by atoms with Crippen LogP contribution < -0.4 is 0 Å². The third-order valence-corrected chi connectivity index (χ3v) is 5.03. The van der Waals surface area contributed by atoms with Gasteiger partial charge in [-0.3, -0.25) is 0 Å². The molecule has 0 aliphatic rings. The maximum Gasteiger partial charge on any atom is 0.166 e. The first kappa shape index (κ1) is 32.1. The molecule has 1 nitrogen and oxygen atoms in total. The summed E-state index contributed by atoms with van der Waals surface area (Å²) in [5.41, 5.74) is -0.668. The van der Waals surface area contributed by atoms with Gasteiger partial charge in [0, 0.05) is 17.1 Å². The molecule has 0 saturated carbocycles. The highest BCUT2D eigenvalue weighted by molar-refractivity contribution is 5.54. The molecular weight excluding hydrogens is 452 g/mol. The van der Waals surface area contributed by atoms with E-state index in [4.69, 9.17) is 4.74 Å². The zero-order valence-electron chi connectivity index (χ0n) is 21.5. The van der Waals surface area contributed by atoms with Gasteiger partial charge in [-0.05, 0) is 49.0 Å². The molecule has 35 heavy (non-hydrogen) atoms. The van der Waals surface area contributed by atoms with Crippen LogP contribution in [0.4, 0.5) is 17.6 Å². The Bertz CT molecular complexity index is 970. The number of hydrogen-bond acceptors (Lipinski definition) is 1. The van der Waals surface area contributed by atoms with Gasteiger partial charge < -0.3 is 4.74 Å². The van der Waals surface area contributed by atoms with E-state index in [1.54, 1.807) is 13.0 Å². The Kier molecular flexibility index (Phi) is 14.6. The minimum atomic E-state index is -1.21. The Balaban J connectivity index is 5.33. The summed E-state index contributed by atoms with van der Waals surface area (Å²) in [6.45, 7) is 29.1. The fourth-order valence-corrected chi connectivity index (χ4v) is 2.50. The number of rotatable bonds is 16. The molecule has 0 radical (unpaired) electrons. The maximum absolute atomic E-state index is 14.6. The van der Waals surface area contributed by atoms with Crippen molar-refractivity contribution in [1.29, 1.82) is 0 Å². The molecule has 0 bridgehead atoms. The second-order valence-electron chi connectivity index (χ2n) is 8.47. The van der Waals surface area contributed by atoms with Gasteiger partial charge in [-0.15, -0.1) is 0 Å². The van der Waals surface area contributed by atoms with Crippen molar-refractivity contribution in [3.8, 4) is 0 Å². The van der Waals surface area contributed by atoms with Crippen molar-refractivity contribution in [2.75, 3.05) is 6.61 Å². The first-order chi connectivity index (χ1) is 16.3. The van der Waals surface area contributed by atoms with Crippen LogP contribution in [0.1, 0.15) is 47.0 Å². The predicted molar refractivity (Wildman–Crippen MR) is 141 cm³/mol. The van der Waals surface area contributed by atoms with Crippen LogP contribution in [0.5, 0.6) is 0 Å². The number of allylic oxidation sites excluding steroid dienone is 13. The number of ether oxygens (including phenoxy) is 1.